The van der Waals surface area contributed by atoms with Crippen LogP contribution in [0.15, 0.2) is 12.3 Å². The fraction of sp³-hybridized carbons (Fsp3) is 0.300. The van der Waals surface area contributed by atoms with Crippen LogP contribution in [-0.2, 0) is 6.54 Å². The van der Waals surface area contributed by atoms with Crippen molar-refractivity contribution < 1.29 is 4.79 Å². The molecule has 0 aliphatic heterocycles. The Morgan fingerprint density at radius 3 is 2.87 bits per heavy atom. The van der Waals surface area contributed by atoms with Crippen molar-refractivity contribution in [2.45, 2.75) is 20.4 Å². The molecule has 0 saturated carbocycles. The van der Waals surface area contributed by atoms with Crippen LogP contribution >= 0.6 is 0 Å². The summed E-state index contributed by atoms with van der Waals surface area (Å²) in [5, 5.41) is 4.31. The molecule has 2 rings (SSSR count). The lowest BCUT2D eigenvalue weighted by atomic mass is 10.4. The van der Waals surface area contributed by atoms with Crippen molar-refractivity contribution in [1.29, 1.82) is 0 Å². The van der Waals surface area contributed by atoms with E-state index in [2.05, 4.69) is 15.1 Å². The molecule has 15 heavy (non-hydrogen) atoms. The summed E-state index contributed by atoms with van der Waals surface area (Å²) in [7, 11) is 0. The molecule has 0 saturated heterocycles. The third kappa shape index (κ3) is 1.96. The Kier molecular flexibility index (Phi) is 2.37. The van der Waals surface area contributed by atoms with Gasteiger partial charge in [0.15, 0.2) is 6.29 Å². The number of carbonyl (C=O) groups is 1. The second kappa shape index (κ2) is 3.68. The standard InChI is InChI=1S/C10H12N4O/c1-7-3-8(2)14(13-7)5-10-11-4-9(6-15)12-10/h3-4,6H,5H2,1-2H3,(H,11,12). The molecule has 2 aromatic heterocycles. The number of H-pyrrole nitrogens is 1. The van der Waals surface area contributed by atoms with Gasteiger partial charge in [-0.2, -0.15) is 5.10 Å². The normalized spacial score (nSPS) is 10.5. The summed E-state index contributed by atoms with van der Waals surface area (Å²) < 4.78 is 1.85. The van der Waals surface area contributed by atoms with E-state index in [1.165, 1.54) is 6.20 Å². The first-order chi connectivity index (χ1) is 7.19. The molecule has 1 N–H and O–H groups in total. The zero-order valence-electron chi connectivity index (χ0n) is 8.69. The molecule has 0 aromatic carbocycles. The van der Waals surface area contributed by atoms with E-state index >= 15 is 0 Å². The largest absolute Gasteiger partial charge is 0.338 e. The minimum atomic E-state index is 0.492. The van der Waals surface area contributed by atoms with Crippen LogP contribution < -0.4 is 0 Å². The summed E-state index contributed by atoms with van der Waals surface area (Å²) >= 11 is 0. The molecule has 0 atom stereocenters. The number of aryl methyl sites for hydroxylation is 2. The average Bonchev–Trinajstić information content (AvgIpc) is 2.75. The number of aldehydes is 1. The third-order valence-corrected chi connectivity index (χ3v) is 2.18. The van der Waals surface area contributed by atoms with Crippen LogP contribution in [0.2, 0.25) is 0 Å². The van der Waals surface area contributed by atoms with Crippen molar-refractivity contribution in [3.05, 3.63) is 35.2 Å². The molecule has 0 bridgehead atoms. The van der Waals surface area contributed by atoms with E-state index in [4.69, 9.17) is 0 Å². The second-order valence-electron chi connectivity index (χ2n) is 3.49. The molecule has 2 aromatic rings. The second-order valence-corrected chi connectivity index (χ2v) is 3.49. The first kappa shape index (κ1) is 9.64. The van der Waals surface area contributed by atoms with Gasteiger partial charge in [0, 0.05) is 5.69 Å². The zero-order chi connectivity index (χ0) is 10.8. The first-order valence-corrected chi connectivity index (χ1v) is 4.69. The molecule has 0 fully saturated rings. The highest BCUT2D eigenvalue weighted by Gasteiger charge is 2.04. The Bertz CT molecular complexity index is 483. The van der Waals surface area contributed by atoms with Gasteiger partial charge in [-0.3, -0.25) is 9.48 Å². The van der Waals surface area contributed by atoms with Crippen molar-refractivity contribution >= 4 is 6.29 Å². The van der Waals surface area contributed by atoms with Crippen LogP contribution in [0.5, 0.6) is 0 Å². The van der Waals surface area contributed by atoms with Gasteiger partial charge in [0.05, 0.1) is 24.1 Å². The molecule has 0 amide bonds. The van der Waals surface area contributed by atoms with Crippen LogP contribution in [0.1, 0.15) is 27.7 Å². The van der Waals surface area contributed by atoms with Crippen LogP contribution in [0.25, 0.3) is 0 Å². The first-order valence-electron chi connectivity index (χ1n) is 4.69. The molecule has 2 heterocycles. The van der Waals surface area contributed by atoms with Gasteiger partial charge in [0.1, 0.15) is 5.82 Å². The number of hydrogen-bond acceptors (Lipinski definition) is 3. The average molecular weight is 204 g/mol. The van der Waals surface area contributed by atoms with Gasteiger partial charge in [-0.1, -0.05) is 0 Å². The van der Waals surface area contributed by atoms with Gasteiger partial charge in [0.2, 0.25) is 0 Å². The highest BCUT2D eigenvalue weighted by atomic mass is 16.1. The summed E-state index contributed by atoms with van der Waals surface area (Å²) in [5.41, 5.74) is 2.55. The summed E-state index contributed by atoms with van der Waals surface area (Å²) in [6, 6.07) is 2.00. The quantitative estimate of drug-likeness (QED) is 0.761. The van der Waals surface area contributed by atoms with E-state index in [1.807, 2.05) is 24.6 Å². The lowest BCUT2D eigenvalue weighted by molar-refractivity contribution is 0.111. The minimum Gasteiger partial charge on any atom is -0.338 e. The summed E-state index contributed by atoms with van der Waals surface area (Å²) in [6.07, 6.45) is 2.27. The zero-order valence-corrected chi connectivity index (χ0v) is 8.69. The Hall–Kier alpha value is -1.91. The van der Waals surface area contributed by atoms with E-state index < -0.39 is 0 Å². The van der Waals surface area contributed by atoms with Crippen LogP contribution in [0.4, 0.5) is 0 Å². The molecule has 0 aliphatic carbocycles. The number of hydrogen-bond donors (Lipinski definition) is 1. The van der Waals surface area contributed by atoms with Gasteiger partial charge in [-0.05, 0) is 19.9 Å². The Morgan fingerprint density at radius 1 is 1.53 bits per heavy atom. The van der Waals surface area contributed by atoms with Crippen LogP contribution in [0, 0.1) is 13.8 Å². The Morgan fingerprint density at radius 2 is 2.33 bits per heavy atom. The highest BCUT2D eigenvalue weighted by molar-refractivity contribution is 5.71. The van der Waals surface area contributed by atoms with Gasteiger partial charge >= 0.3 is 0 Å². The maximum absolute atomic E-state index is 10.4. The molecule has 0 unspecified atom stereocenters. The molecular weight excluding hydrogens is 192 g/mol. The Labute approximate surface area is 87.1 Å². The number of imidazole rings is 1. The molecular formula is C10H12N4O. The SMILES string of the molecule is Cc1cc(C)n(Cc2ncc(C=O)[nH]2)n1. The predicted octanol–water partition coefficient (Wildman–Crippen LogP) is 1.08. The van der Waals surface area contributed by atoms with E-state index in [1.54, 1.807) is 0 Å². The molecule has 0 aliphatic rings. The summed E-state index contributed by atoms with van der Waals surface area (Å²) in [5.74, 6) is 0.739. The lowest BCUT2D eigenvalue weighted by Gasteiger charge is -2.00. The molecule has 78 valence electrons. The van der Waals surface area contributed by atoms with Gasteiger partial charge < -0.3 is 4.98 Å². The van der Waals surface area contributed by atoms with E-state index in [0.29, 0.717) is 12.2 Å². The monoisotopic (exact) mass is 204 g/mol. The molecule has 0 radical (unpaired) electrons. The number of nitrogens with one attached hydrogen (secondary N) is 1. The molecule has 5 nitrogen and oxygen atoms in total. The number of aromatic amines is 1. The number of carbonyl (C=O) groups excluding carboxylic acids is 1. The van der Waals surface area contributed by atoms with Gasteiger partial charge in [-0.25, -0.2) is 4.98 Å². The number of nitrogens with zero attached hydrogens (tertiary/aromatic N) is 3. The summed E-state index contributed by atoms with van der Waals surface area (Å²) in [6.45, 7) is 4.50. The van der Waals surface area contributed by atoms with E-state index in [0.717, 1.165) is 23.5 Å². The fourth-order valence-electron chi connectivity index (χ4n) is 1.50. The maximum atomic E-state index is 10.4. The maximum Gasteiger partial charge on any atom is 0.167 e. The van der Waals surface area contributed by atoms with Crippen molar-refractivity contribution in [2.24, 2.45) is 0 Å². The van der Waals surface area contributed by atoms with Gasteiger partial charge in [0.25, 0.3) is 0 Å². The number of aromatic nitrogens is 4. The van der Waals surface area contributed by atoms with Crippen LogP contribution in [-0.4, -0.2) is 26.0 Å². The van der Waals surface area contributed by atoms with E-state index in [-0.39, 0.29) is 0 Å². The van der Waals surface area contributed by atoms with Crippen LogP contribution in [0.3, 0.4) is 0 Å². The minimum absolute atomic E-state index is 0.492. The fourth-order valence-corrected chi connectivity index (χ4v) is 1.50. The smallest absolute Gasteiger partial charge is 0.167 e. The lowest BCUT2D eigenvalue weighted by Crippen LogP contribution is -2.05. The van der Waals surface area contributed by atoms with Gasteiger partial charge in [-0.15, -0.1) is 0 Å². The van der Waals surface area contributed by atoms with Crippen molar-refractivity contribution in [2.75, 3.05) is 0 Å². The molecule has 0 spiro atoms. The Balaban J connectivity index is 2.21. The highest BCUT2D eigenvalue weighted by Crippen LogP contribution is 2.04. The van der Waals surface area contributed by atoms with Crippen molar-refractivity contribution in [1.82, 2.24) is 19.7 Å². The summed E-state index contributed by atoms with van der Waals surface area (Å²) in [4.78, 5) is 17.4. The number of rotatable bonds is 3. The van der Waals surface area contributed by atoms with E-state index in [9.17, 15) is 4.79 Å². The van der Waals surface area contributed by atoms with Crippen molar-refractivity contribution in [3.8, 4) is 0 Å². The van der Waals surface area contributed by atoms with Crippen molar-refractivity contribution in [3.63, 3.8) is 0 Å². The molecule has 5 heteroatoms. The third-order valence-electron chi connectivity index (χ3n) is 2.18. The predicted molar refractivity (Wildman–Crippen MR) is 54.8 cm³/mol. The topological polar surface area (TPSA) is 63.6 Å².